The van der Waals surface area contributed by atoms with Gasteiger partial charge in [0.05, 0.1) is 5.56 Å². The number of halogens is 1. The lowest BCUT2D eigenvalue weighted by atomic mass is 10.0. The Bertz CT molecular complexity index is 738. The van der Waals surface area contributed by atoms with Crippen molar-refractivity contribution in [3.8, 4) is 16.9 Å². The van der Waals surface area contributed by atoms with E-state index in [1.165, 1.54) is 38.5 Å². The van der Waals surface area contributed by atoms with Gasteiger partial charge in [-0.05, 0) is 41.8 Å². The van der Waals surface area contributed by atoms with Crippen LogP contribution in [0.5, 0.6) is 5.75 Å². The molecule has 0 aromatic heterocycles. The highest BCUT2D eigenvalue weighted by Crippen LogP contribution is 2.23. The Balaban J connectivity index is 0.00000420. The zero-order valence-electron chi connectivity index (χ0n) is 17.1. The van der Waals surface area contributed by atoms with Crippen LogP contribution in [-0.2, 0) is 4.79 Å². The van der Waals surface area contributed by atoms with Gasteiger partial charge < -0.3 is 9.84 Å². The molecular weight excluding hydrogens is 388 g/mol. The number of rotatable bonds is 12. The van der Waals surface area contributed by atoms with Crippen molar-refractivity contribution in [2.75, 3.05) is 0 Å². The number of esters is 1. The molecule has 0 aliphatic rings. The SMILES string of the molecule is CCCCCCCCCCC(=O)Oc1ccc(-c2ccc(C(=O)O)cc2)cc1.Cl. The number of benzene rings is 2. The molecule has 0 unspecified atom stereocenters. The summed E-state index contributed by atoms with van der Waals surface area (Å²) in [5.41, 5.74) is 2.12. The molecule has 0 bridgehead atoms. The maximum Gasteiger partial charge on any atom is 0.335 e. The van der Waals surface area contributed by atoms with Crippen molar-refractivity contribution in [1.82, 2.24) is 0 Å². The third-order valence-corrected chi connectivity index (χ3v) is 4.79. The van der Waals surface area contributed by atoms with E-state index >= 15 is 0 Å². The summed E-state index contributed by atoms with van der Waals surface area (Å²) in [6.45, 7) is 2.22. The number of hydrogen-bond donors (Lipinski definition) is 1. The van der Waals surface area contributed by atoms with Gasteiger partial charge in [-0.25, -0.2) is 4.79 Å². The van der Waals surface area contributed by atoms with Crippen LogP contribution in [0.1, 0.15) is 75.1 Å². The fourth-order valence-electron chi connectivity index (χ4n) is 3.11. The minimum absolute atomic E-state index is 0. The van der Waals surface area contributed by atoms with Gasteiger partial charge in [0.2, 0.25) is 0 Å². The summed E-state index contributed by atoms with van der Waals surface area (Å²) < 4.78 is 5.40. The van der Waals surface area contributed by atoms with Crippen molar-refractivity contribution in [1.29, 1.82) is 0 Å². The van der Waals surface area contributed by atoms with Crippen LogP contribution >= 0.6 is 12.4 Å². The highest BCUT2D eigenvalue weighted by atomic mass is 35.5. The Labute approximate surface area is 179 Å². The lowest BCUT2D eigenvalue weighted by Gasteiger charge is -2.07. The average molecular weight is 419 g/mol. The zero-order valence-corrected chi connectivity index (χ0v) is 17.9. The highest BCUT2D eigenvalue weighted by Gasteiger charge is 2.06. The summed E-state index contributed by atoms with van der Waals surface area (Å²) in [6, 6.07) is 14.0. The summed E-state index contributed by atoms with van der Waals surface area (Å²) in [5.74, 6) is -0.592. The first-order chi connectivity index (χ1) is 13.6. The van der Waals surface area contributed by atoms with E-state index in [-0.39, 0.29) is 23.9 Å². The Kier molecular flexibility index (Phi) is 11.7. The molecule has 158 valence electrons. The second-order valence-electron chi connectivity index (χ2n) is 7.11. The number of carbonyl (C=O) groups is 2. The van der Waals surface area contributed by atoms with Crippen molar-refractivity contribution >= 4 is 24.3 Å². The maximum absolute atomic E-state index is 12.0. The van der Waals surface area contributed by atoms with Crippen LogP contribution in [0.4, 0.5) is 0 Å². The molecule has 0 aliphatic heterocycles. The van der Waals surface area contributed by atoms with Gasteiger partial charge in [0.25, 0.3) is 0 Å². The van der Waals surface area contributed by atoms with Gasteiger partial charge in [0.1, 0.15) is 5.75 Å². The van der Waals surface area contributed by atoms with Crippen molar-refractivity contribution < 1.29 is 19.4 Å². The molecule has 0 radical (unpaired) electrons. The molecule has 4 nitrogen and oxygen atoms in total. The maximum atomic E-state index is 12.0. The Hall–Kier alpha value is -2.33. The molecule has 1 N–H and O–H groups in total. The monoisotopic (exact) mass is 418 g/mol. The molecule has 2 aromatic rings. The second kappa shape index (κ2) is 13.8. The minimum atomic E-state index is -0.940. The Morgan fingerprint density at radius 3 is 1.76 bits per heavy atom. The number of carboxylic acid groups (broad SMARTS) is 1. The normalized spacial score (nSPS) is 10.2. The molecule has 0 heterocycles. The van der Waals surface area contributed by atoms with E-state index in [0.29, 0.717) is 12.2 Å². The predicted molar refractivity (Wildman–Crippen MR) is 119 cm³/mol. The van der Waals surface area contributed by atoms with E-state index < -0.39 is 5.97 Å². The molecule has 0 fully saturated rings. The number of carbonyl (C=O) groups excluding carboxylic acids is 1. The van der Waals surface area contributed by atoms with E-state index in [4.69, 9.17) is 9.84 Å². The summed E-state index contributed by atoms with van der Waals surface area (Å²) in [7, 11) is 0. The molecule has 0 spiro atoms. The van der Waals surface area contributed by atoms with Crippen molar-refractivity contribution in [2.45, 2.75) is 64.7 Å². The van der Waals surface area contributed by atoms with E-state index in [1.807, 2.05) is 12.1 Å². The molecule has 29 heavy (non-hydrogen) atoms. The van der Waals surface area contributed by atoms with E-state index in [1.54, 1.807) is 36.4 Å². The van der Waals surface area contributed by atoms with Gasteiger partial charge in [-0.3, -0.25) is 4.79 Å². The molecule has 0 atom stereocenters. The lowest BCUT2D eigenvalue weighted by Crippen LogP contribution is -2.07. The molecule has 0 amide bonds. The predicted octanol–water partition coefficient (Wildman–Crippen LogP) is 6.91. The topological polar surface area (TPSA) is 63.6 Å². The van der Waals surface area contributed by atoms with Gasteiger partial charge in [-0.15, -0.1) is 12.4 Å². The first kappa shape index (κ1) is 24.7. The number of ether oxygens (including phenoxy) is 1. The average Bonchev–Trinajstić information content (AvgIpc) is 2.70. The quantitative estimate of drug-likeness (QED) is 0.231. The van der Waals surface area contributed by atoms with Gasteiger partial charge in [0.15, 0.2) is 0 Å². The lowest BCUT2D eigenvalue weighted by molar-refractivity contribution is -0.134. The molecular formula is C24H31ClO4. The fourth-order valence-corrected chi connectivity index (χ4v) is 3.11. The first-order valence-electron chi connectivity index (χ1n) is 10.2. The molecule has 0 saturated carbocycles. The Morgan fingerprint density at radius 2 is 1.24 bits per heavy atom. The van der Waals surface area contributed by atoms with Crippen molar-refractivity contribution in [2.24, 2.45) is 0 Å². The van der Waals surface area contributed by atoms with Crippen LogP contribution in [0.15, 0.2) is 48.5 Å². The fraction of sp³-hybridized carbons (Fsp3) is 0.417. The van der Waals surface area contributed by atoms with Crippen LogP contribution in [-0.4, -0.2) is 17.0 Å². The standard InChI is InChI=1S/C24H30O4.ClH/c1-2-3-4-5-6-7-8-9-10-23(25)28-22-17-15-20(16-18-22)19-11-13-21(14-12-19)24(26)27;/h11-18H,2-10H2,1H3,(H,26,27);1H. The first-order valence-corrected chi connectivity index (χ1v) is 10.2. The van der Waals surface area contributed by atoms with Gasteiger partial charge in [-0.1, -0.05) is 76.1 Å². The Morgan fingerprint density at radius 1 is 0.759 bits per heavy atom. The van der Waals surface area contributed by atoms with Crippen LogP contribution in [0.2, 0.25) is 0 Å². The third kappa shape index (κ3) is 9.14. The summed E-state index contributed by atoms with van der Waals surface area (Å²) in [5, 5.41) is 8.95. The smallest absolute Gasteiger partial charge is 0.335 e. The molecule has 5 heteroatoms. The molecule has 2 rings (SSSR count). The molecule has 0 aliphatic carbocycles. The highest BCUT2D eigenvalue weighted by molar-refractivity contribution is 5.88. The molecule has 2 aromatic carbocycles. The van der Waals surface area contributed by atoms with Gasteiger partial charge in [-0.2, -0.15) is 0 Å². The second-order valence-corrected chi connectivity index (χ2v) is 7.11. The van der Waals surface area contributed by atoms with E-state index in [9.17, 15) is 9.59 Å². The summed E-state index contributed by atoms with van der Waals surface area (Å²) >= 11 is 0. The number of carboxylic acids is 1. The molecule has 0 saturated heterocycles. The van der Waals surface area contributed by atoms with Crippen molar-refractivity contribution in [3.05, 3.63) is 54.1 Å². The summed E-state index contributed by atoms with van der Waals surface area (Å²) in [6.07, 6.45) is 10.0. The third-order valence-electron chi connectivity index (χ3n) is 4.79. The van der Waals surface area contributed by atoms with Gasteiger partial charge >= 0.3 is 11.9 Å². The largest absolute Gasteiger partial charge is 0.478 e. The minimum Gasteiger partial charge on any atom is -0.478 e. The van der Waals surface area contributed by atoms with E-state index in [0.717, 1.165) is 24.0 Å². The van der Waals surface area contributed by atoms with E-state index in [2.05, 4.69) is 6.92 Å². The van der Waals surface area contributed by atoms with Crippen molar-refractivity contribution in [3.63, 3.8) is 0 Å². The van der Waals surface area contributed by atoms with Crippen LogP contribution < -0.4 is 4.74 Å². The number of hydrogen-bond acceptors (Lipinski definition) is 3. The van der Waals surface area contributed by atoms with Crippen LogP contribution in [0.3, 0.4) is 0 Å². The number of aromatic carboxylic acids is 1. The van der Waals surface area contributed by atoms with Crippen LogP contribution in [0.25, 0.3) is 11.1 Å². The van der Waals surface area contributed by atoms with Gasteiger partial charge in [0, 0.05) is 6.42 Å². The summed E-state index contributed by atoms with van der Waals surface area (Å²) in [4.78, 5) is 22.9. The zero-order chi connectivity index (χ0) is 20.2. The van der Waals surface area contributed by atoms with Crippen LogP contribution in [0, 0.1) is 0 Å². The number of unbranched alkanes of at least 4 members (excludes halogenated alkanes) is 7.